The predicted molar refractivity (Wildman–Crippen MR) is 81.4 cm³/mol. The molecule has 0 bridgehead atoms. The maximum Gasteiger partial charge on any atom is 0.0945 e. The summed E-state index contributed by atoms with van der Waals surface area (Å²) in [4.78, 5) is 0. The fourth-order valence-corrected chi connectivity index (χ4v) is 2.20. The highest BCUT2D eigenvalue weighted by atomic mass is 127. The van der Waals surface area contributed by atoms with Gasteiger partial charge in [0.15, 0.2) is 0 Å². The van der Waals surface area contributed by atoms with Crippen molar-refractivity contribution in [2.24, 2.45) is 0 Å². The largest absolute Gasteiger partial charge is 0.389 e. The zero-order chi connectivity index (χ0) is 13.4. The van der Waals surface area contributed by atoms with Crippen molar-refractivity contribution in [3.05, 3.63) is 26.8 Å². The zero-order valence-electron chi connectivity index (χ0n) is 10.2. The normalized spacial score (nSPS) is 12.4. The average Bonchev–Trinajstić information content (AvgIpc) is 2.33. The minimum atomic E-state index is -0.572. The summed E-state index contributed by atoms with van der Waals surface area (Å²) < 4.78 is 11.1. The van der Waals surface area contributed by atoms with Gasteiger partial charge in [0.2, 0.25) is 0 Å². The van der Waals surface area contributed by atoms with Gasteiger partial charge in [-0.15, -0.1) is 0 Å². The maximum absolute atomic E-state index is 9.68. The summed E-state index contributed by atoms with van der Waals surface area (Å²) >= 11 is 8.26. The highest BCUT2D eigenvalue weighted by molar-refractivity contribution is 14.1. The van der Waals surface area contributed by atoms with E-state index in [4.69, 9.17) is 21.1 Å². The first kappa shape index (κ1) is 16.0. The Morgan fingerprint density at radius 1 is 1.44 bits per heavy atom. The molecule has 1 aromatic rings. The molecule has 0 aliphatic carbocycles. The molecule has 1 unspecified atom stereocenters. The molecule has 1 atom stereocenters. The van der Waals surface area contributed by atoms with Crippen molar-refractivity contribution >= 4 is 39.9 Å². The third kappa shape index (κ3) is 6.19. The molecule has 18 heavy (non-hydrogen) atoms. The first-order valence-corrected chi connectivity index (χ1v) is 7.03. The number of nitrogens with one attached hydrogen (secondary N) is 1. The molecule has 4 nitrogen and oxygen atoms in total. The van der Waals surface area contributed by atoms with Gasteiger partial charge >= 0.3 is 0 Å². The van der Waals surface area contributed by atoms with Crippen LogP contribution in [0.3, 0.4) is 0 Å². The fourth-order valence-electron chi connectivity index (χ4n) is 1.28. The Morgan fingerprint density at radius 2 is 2.22 bits per heavy atom. The quantitative estimate of drug-likeness (QED) is 0.533. The lowest BCUT2D eigenvalue weighted by Gasteiger charge is -2.14. The van der Waals surface area contributed by atoms with Crippen LogP contribution in [0.4, 0.5) is 5.69 Å². The number of benzene rings is 1. The van der Waals surface area contributed by atoms with Crippen LogP contribution in [-0.4, -0.2) is 44.7 Å². The third-order valence-electron chi connectivity index (χ3n) is 2.20. The van der Waals surface area contributed by atoms with Gasteiger partial charge in [-0.05, 0) is 40.8 Å². The zero-order valence-corrected chi connectivity index (χ0v) is 13.1. The summed E-state index contributed by atoms with van der Waals surface area (Å²) in [6.45, 7) is 1.69. The van der Waals surface area contributed by atoms with E-state index < -0.39 is 6.10 Å². The molecule has 0 fully saturated rings. The van der Waals surface area contributed by atoms with Crippen molar-refractivity contribution in [3.63, 3.8) is 0 Å². The van der Waals surface area contributed by atoms with Crippen molar-refractivity contribution in [1.29, 1.82) is 0 Å². The number of hydrogen-bond donors (Lipinski definition) is 2. The molecule has 0 saturated heterocycles. The Morgan fingerprint density at radius 3 is 2.89 bits per heavy atom. The van der Waals surface area contributed by atoms with Crippen LogP contribution in [0.15, 0.2) is 18.2 Å². The molecule has 0 spiro atoms. The molecule has 0 amide bonds. The monoisotopic (exact) mass is 385 g/mol. The van der Waals surface area contributed by atoms with E-state index in [2.05, 4.69) is 27.9 Å². The number of anilines is 1. The average molecular weight is 386 g/mol. The third-order valence-corrected chi connectivity index (χ3v) is 3.19. The SMILES string of the molecule is COCCOCC(O)CNc1ccc(I)cc1Cl. The Balaban J connectivity index is 2.27. The number of rotatable bonds is 8. The summed E-state index contributed by atoms with van der Waals surface area (Å²) in [5.74, 6) is 0. The molecule has 1 rings (SSSR count). The second kappa shape index (κ2) is 8.92. The lowest BCUT2D eigenvalue weighted by molar-refractivity contribution is 0.0182. The minimum absolute atomic E-state index is 0.276. The number of hydrogen-bond acceptors (Lipinski definition) is 4. The molecular weight excluding hydrogens is 368 g/mol. The van der Waals surface area contributed by atoms with Crippen molar-refractivity contribution in [2.45, 2.75) is 6.10 Å². The number of halogens is 2. The fraction of sp³-hybridized carbons (Fsp3) is 0.500. The Bertz CT molecular complexity index is 365. The molecule has 2 N–H and O–H groups in total. The molecular formula is C12H17ClINO3. The van der Waals surface area contributed by atoms with E-state index in [1.807, 2.05) is 18.2 Å². The summed E-state index contributed by atoms with van der Waals surface area (Å²) in [6.07, 6.45) is -0.572. The molecule has 0 radical (unpaired) electrons. The lowest BCUT2D eigenvalue weighted by Crippen LogP contribution is -2.25. The first-order chi connectivity index (χ1) is 8.63. The number of aliphatic hydroxyl groups excluding tert-OH is 1. The van der Waals surface area contributed by atoms with Crippen molar-refractivity contribution in [2.75, 3.05) is 38.8 Å². The molecule has 0 aliphatic heterocycles. The van der Waals surface area contributed by atoms with Crippen LogP contribution >= 0.6 is 34.2 Å². The summed E-state index contributed by atoms with van der Waals surface area (Å²) in [7, 11) is 1.61. The summed E-state index contributed by atoms with van der Waals surface area (Å²) in [5, 5.41) is 13.4. The van der Waals surface area contributed by atoms with Gasteiger partial charge in [-0.25, -0.2) is 0 Å². The van der Waals surface area contributed by atoms with E-state index in [1.165, 1.54) is 0 Å². The summed E-state index contributed by atoms with van der Waals surface area (Å²) in [6, 6.07) is 5.71. The van der Waals surface area contributed by atoms with E-state index >= 15 is 0 Å². The van der Waals surface area contributed by atoms with Crippen molar-refractivity contribution < 1.29 is 14.6 Å². The molecule has 0 heterocycles. The van der Waals surface area contributed by atoms with Crippen molar-refractivity contribution in [3.8, 4) is 0 Å². The smallest absolute Gasteiger partial charge is 0.0945 e. The van der Waals surface area contributed by atoms with Gasteiger partial charge in [0.05, 0.1) is 36.6 Å². The van der Waals surface area contributed by atoms with Crippen LogP contribution in [0, 0.1) is 3.57 Å². The second-order valence-corrected chi connectivity index (χ2v) is 5.38. The van der Waals surface area contributed by atoms with Crippen LogP contribution in [0.25, 0.3) is 0 Å². The second-order valence-electron chi connectivity index (χ2n) is 3.73. The van der Waals surface area contributed by atoms with E-state index in [1.54, 1.807) is 7.11 Å². The first-order valence-electron chi connectivity index (χ1n) is 5.57. The highest BCUT2D eigenvalue weighted by Crippen LogP contribution is 2.23. The van der Waals surface area contributed by atoms with Crippen LogP contribution in [0.5, 0.6) is 0 Å². The van der Waals surface area contributed by atoms with E-state index in [-0.39, 0.29) is 6.61 Å². The number of ether oxygens (including phenoxy) is 2. The van der Waals surface area contributed by atoms with Gasteiger partial charge in [-0.1, -0.05) is 11.6 Å². The number of methoxy groups -OCH3 is 1. The lowest BCUT2D eigenvalue weighted by atomic mass is 10.3. The van der Waals surface area contributed by atoms with Gasteiger partial charge in [0.1, 0.15) is 0 Å². The van der Waals surface area contributed by atoms with Crippen LogP contribution in [-0.2, 0) is 9.47 Å². The standard InChI is InChI=1S/C12H17ClINO3/c1-17-4-5-18-8-10(16)7-15-12-3-2-9(14)6-11(12)13/h2-3,6,10,15-16H,4-5,7-8H2,1H3. The van der Waals surface area contributed by atoms with Crippen LogP contribution in [0.2, 0.25) is 5.02 Å². The molecule has 102 valence electrons. The molecule has 0 saturated carbocycles. The van der Waals surface area contributed by atoms with E-state index in [9.17, 15) is 5.11 Å². The molecule has 0 aliphatic rings. The molecule has 1 aromatic carbocycles. The highest BCUT2D eigenvalue weighted by Gasteiger charge is 2.06. The maximum atomic E-state index is 9.68. The van der Waals surface area contributed by atoms with Crippen LogP contribution in [0.1, 0.15) is 0 Å². The predicted octanol–water partition coefficient (Wildman–Crippen LogP) is 2.38. The van der Waals surface area contributed by atoms with Crippen molar-refractivity contribution in [1.82, 2.24) is 0 Å². The van der Waals surface area contributed by atoms with Crippen LogP contribution < -0.4 is 5.32 Å². The van der Waals surface area contributed by atoms with Gasteiger partial charge < -0.3 is 19.9 Å². The van der Waals surface area contributed by atoms with Gasteiger partial charge in [0.25, 0.3) is 0 Å². The topological polar surface area (TPSA) is 50.7 Å². The van der Waals surface area contributed by atoms with Gasteiger partial charge in [-0.2, -0.15) is 0 Å². The Kier molecular flexibility index (Phi) is 7.92. The minimum Gasteiger partial charge on any atom is -0.389 e. The van der Waals surface area contributed by atoms with E-state index in [0.717, 1.165) is 9.26 Å². The van der Waals surface area contributed by atoms with Gasteiger partial charge in [-0.3, -0.25) is 0 Å². The Labute approximate surface area is 126 Å². The molecule has 6 heteroatoms. The molecule has 0 aromatic heterocycles. The number of aliphatic hydroxyl groups is 1. The van der Waals surface area contributed by atoms with Gasteiger partial charge in [0, 0.05) is 17.2 Å². The summed E-state index contributed by atoms with van der Waals surface area (Å²) in [5.41, 5.74) is 0.813. The van der Waals surface area contributed by atoms with E-state index in [0.29, 0.717) is 24.8 Å². The Hall–Kier alpha value is -0.0800.